The topological polar surface area (TPSA) is 69.6 Å². The first-order valence-electron chi connectivity index (χ1n) is 8.54. The van der Waals surface area contributed by atoms with Gasteiger partial charge in [-0.1, -0.05) is 36.6 Å². The molecule has 2 N–H and O–H groups in total. The number of aliphatic carboxylic acids is 1. The van der Waals surface area contributed by atoms with Gasteiger partial charge in [0.2, 0.25) is 5.91 Å². The van der Waals surface area contributed by atoms with Crippen LogP contribution in [-0.4, -0.2) is 40.5 Å². The third-order valence-corrected chi connectivity index (χ3v) is 5.49. The van der Waals surface area contributed by atoms with E-state index in [0.29, 0.717) is 23.9 Å². The van der Waals surface area contributed by atoms with Gasteiger partial charge in [-0.3, -0.25) is 14.5 Å². The van der Waals surface area contributed by atoms with Crippen LogP contribution in [0.15, 0.2) is 24.3 Å². The van der Waals surface area contributed by atoms with Gasteiger partial charge in [0.1, 0.15) is 6.04 Å². The summed E-state index contributed by atoms with van der Waals surface area (Å²) in [5.74, 6) is -0.513. The van der Waals surface area contributed by atoms with Gasteiger partial charge < -0.3 is 10.4 Å². The number of amides is 1. The first-order valence-corrected chi connectivity index (χ1v) is 8.92. The van der Waals surface area contributed by atoms with Crippen LogP contribution < -0.4 is 5.32 Å². The smallest absolute Gasteiger partial charge is 0.320 e. The normalized spacial score (nSPS) is 26.8. The monoisotopic (exact) mass is 350 g/mol. The Morgan fingerprint density at radius 1 is 1.21 bits per heavy atom. The first-order chi connectivity index (χ1) is 11.5. The Bertz CT molecular complexity index is 605. The number of carbonyl (C=O) groups excluding carboxylic acids is 1. The highest BCUT2D eigenvalue weighted by molar-refractivity contribution is 6.30. The van der Waals surface area contributed by atoms with Gasteiger partial charge in [-0.05, 0) is 42.9 Å². The zero-order chi connectivity index (χ0) is 17.1. The SMILES string of the molecule is O=C(CN1C(C(=O)O)CC2CCCCC21)NCc1ccc(Cl)cc1. The van der Waals surface area contributed by atoms with Crippen molar-refractivity contribution >= 4 is 23.5 Å². The highest BCUT2D eigenvalue weighted by Crippen LogP contribution is 2.39. The van der Waals surface area contributed by atoms with Gasteiger partial charge in [0.05, 0.1) is 6.54 Å². The Labute approximate surface area is 147 Å². The number of hydrogen-bond acceptors (Lipinski definition) is 3. The summed E-state index contributed by atoms with van der Waals surface area (Å²) in [5, 5.41) is 13.0. The van der Waals surface area contributed by atoms with Gasteiger partial charge >= 0.3 is 5.97 Å². The molecule has 3 atom stereocenters. The molecule has 0 bridgehead atoms. The molecule has 130 valence electrons. The lowest BCUT2D eigenvalue weighted by Gasteiger charge is -2.32. The van der Waals surface area contributed by atoms with Crippen molar-refractivity contribution in [1.82, 2.24) is 10.2 Å². The predicted molar refractivity (Wildman–Crippen MR) is 91.8 cm³/mol. The molecule has 1 aromatic carbocycles. The third kappa shape index (κ3) is 3.90. The summed E-state index contributed by atoms with van der Waals surface area (Å²) in [6.07, 6.45) is 5.04. The molecular weight excluding hydrogens is 328 g/mol. The molecule has 1 aromatic rings. The van der Waals surface area contributed by atoms with Gasteiger partial charge in [0.15, 0.2) is 0 Å². The third-order valence-electron chi connectivity index (χ3n) is 5.24. The second-order valence-electron chi connectivity index (χ2n) is 6.78. The van der Waals surface area contributed by atoms with E-state index in [9.17, 15) is 14.7 Å². The maximum absolute atomic E-state index is 12.3. The lowest BCUT2D eigenvalue weighted by molar-refractivity contribution is -0.143. The zero-order valence-corrected chi connectivity index (χ0v) is 14.3. The number of hydrogen-bond donors (Lipinski definition) is 2. The van der Waals surface area contributed by atoms with Crippen LogP contribution >= 0.6 is 11.6 Å². The molecule has 2 aliphatic rings. The number of nitrogens with zero attached hydrogens (tertiary/aromatic N) is 1. The molecule has 1 saturated carbocycles. The molecule has 3 unspecified atom stereocenters. The summed E-state index contributed by atoms with van der Waals surface area (Å²) in [6, 6.07) is 7.03. The molecule has 1 amide bonds. The summed E-state index contributed by atoms with van der Waals surface area (Å²) in [5.41, 5.74) is 0.972. The summed E-state index contributed by atoms with van der Waals surface area (Å²) in [6.45, 7) is 0.585. The van der Waals surface area contributed by atoms with Crippen LogP contribution in [0.5, 0.6) is 0 Å². The van der Waals surface area contributed by atoms with Gasteiger partial charge in [-0.2, -0.15) is 0 Å². The lowest BCUT2D eigenvalue weighted by atomic mass is 9.85. The molecule has 1 aliphatic heterocycles. The van der Waals surface area contributed by atoms with E-state index in [1.54, 1.807) is 12.1 Å². The fourth-order valence-electron chi connectivity index (χ4n) is 4.05. The van der Waals surface area contributed by atoms with Crippen molar-refractivity contribution in [2.24, 2.45) is 5.92 Å². The summed E-state index contributed by atoms with van der Waals surface area (Å²) >= 11 is 5.85. The standard InChI is InChI=1S/C18H23ClN2O3/c19-14-7-5-12(6-8-14)10-20-17(22)11-21-15-4-2-1-3-13(15)9-16(21)18(23)24/h5-8,13,15-16H,1-4,9-11H2,(H,20,22)(H,23,24). The van der Waals surface area contributed by atoms with Crippen molar-refractivity contribution in [2.75, 3.05) is 6.54 Å². The summed E-state index contributed by atoms with van der Waals surface area (Å²) < 4.78 is 0. The maximum Gasteiger partial charge on any atom is 0.320 e. The Morgan fingerprint density at radius 3 is 2.62 bits per heavy atom. The van der Waals surface area contributed by atoms with Crippen LogP contribution in [-0.2, 0) is 16.1 Å². The Morgan fingerprint density at radius 2 is 1.92 bits per heavy atom. The zero-order valence-electron chi connectivity index (χ0n) is 13.6. The van der Waals surface area contributed by atoms with Crippen LogP contribution in [0.4, 0.5) is 0 Å². The number of nitrogens with one attached hydrogen (secondary N) is 1. The van der Waals surface area contributed by atoms with Gasteiger partial charge in [-0.25, -0.2) is 0 Å². The highest BCUT2D eigenvalue weighted by atomic mass is 35.5. The van der Waals surface area contributed by atoms with Crippen molar-refractivity contribution in [3.8, 4) is 0 Å². The van der Waals surface area contributed by atoms with Crippen molar-refractivity contribution in [3.05, 3.63) is 34.9 Å². The lowest BCUT2D eigenvalue weighted by Crippen LogP contribution is -2.47. The van der Waals surface area contributed by atoms with Crippen LogP contribution in [0.1, 0.15) is 37.7 Å². The molecule has 0 radical (unpaired) electrons. The van der Waals surface area contributed by atoms with Crippen LogP contribution in [0, 0.1) is 5.92 Å². The van der Waals surface area contributed by atoms with Gasteiger partial charge in [0, 0.05) is 17.6 Å². The van der Waals surface area contributed by atoms with Crippen LogP contribution in [0.2, 0.25) is 5.02 Å². The fourth-order valence-corrected chi connectivity index (χ4v) is 4.17. The van der Waals surface area contributed by atoms with E-state index >= 15 is 0 Å². The molecule has 5 nitrogen and oxygen atoms in total. The van der Waals surface area contributed by atoms with E-state index in [-0.39, 0.29) is 18.5 Å². The minimum Gasteiger partial charge on any atom is -0.480 e. The number of benzene rings is 1. The molecule has 24 heavy (non-hydrogen) atoms. The molecular formula is C18H23ClN2O3. The van der Waals surface area contributed by atoms with Crippen molar-refractivity contribution in [2.45, 2.75) is 50.7 Å². The van der Waals surface area contributed by atoms with E-state index in [0.717, 1.165) is 24.8 Å². The quantitative estimate of drug-likeness (QED) is 0.856. The molecule has 3 rings (SSSR count). The molecule has 1 aliphatic carbocycles. The molecule has 0 spiro atoms. The van der Waals surface area contributed by atoms with E-state index < -0.39 is 12.0 Å². The number of likely N-dealkylation sites (tertiary alicyclic amines) is 1. The number of fused-ring (bicyclic) bond motifs is 1. The van der Waals surface area contributed by atoms with Gasteiger partial charge in [0.25, 0.3) is 0 Å². The molecule has 1 heterocycles. The highest BCUT2D eigenvalue weighted by Gasteiger charge is 2.45. The number of rotatable bonds is 5. The van der Waals surface area contributed by atoms with Crippen LogP contribution in [0.25, 0.3) is 0 Å². The second kappa shape index (κ2) is 7.53. The average molecular weight is 351 g/mol. The van der Waals surface area contributed by atoms with Crippen LogP contribution in [0.3, 0.4) is 0 Å². The fraction of sp³-hybridized carbons (Fsp3) is 0.556. The van der Waals surface area contributed by atoms with E-state index in [1.165, 1.54) is 6.42 Å². The average Bonchev–Trinajstić information content (AvgIpc) is 2.93. The number of carbonyl (C=O) groups is 2. The Kier molecular flexibility index (Phi) is 5.41. The first kappa shape index (κ1) is 17.2. The Balaban J connectivity index is 1.59. The maximum atomic E-state index is 12.3. The molecule has 2 fully saturated rings. The van der Waals surface area contributed by atoms with Crippen molar-refractivity contribution < 1.29 is 14.7 Å². The number of carboxylic acid groups (broad SMARTS) is 1. The predicted octanol–water partition coefficient (Wildman–Crippen LogP) is 2.67. The second-order valence-corrected chi connectivity index (χ2v) is 7.21. The summed E-state index contributed by atoms with van der Waals surface area (Å²) in [4.78, 5) is 25.8. The number of carboxylic acids is 1. The molecule has 1 saturated heterocycles. The van der Waals surface area contributed by atoms with Crippen molar-refractivity contribution in [1.29, 1.82) is 0 Å². The van der Waals surface area contributed by atoms with Gasteiger partial charge in [-0.15, -0.1) is 0 Å². The Hall–Kier alpha value is -1.59. The summed E-state index contributed by atoms with van der Waals surface area (Å²) in [7, 11) is 0. The van der Waals surface area contributed by atoms with E-state index in [4.69, 9.17) is 11.6 Å². The molecule has 0 aromatic heterocycles. The minimum absolute atomic E-state index is 0.123. The molecule has 6 heteroatoms. The van der Waals surface area contributed by atoms with Crippen molar-refractivity contribution in [3.63, 3.8) is 0 Å². The number of halogens is 1. The largest absolute Gasteiger partial charge is 0.480 e. The minimum atomic E-state index is -0.810. The van der Waals surface area contributed by atoms with E-state index in [1.807, 2.05) is 17.0 Å². The van der Waals surface area contributed by atoms with E-state index in [2.05, 4.69) is 5.32 Å².